The largest absolute Gasteiger partial charge is 0.452 e. The highest BCUT2D eigenvalue weighted by Crippen LogP contribution is 2.59. The summed E-state index contributed by atoms with van der Waals surface area (Å²) in [5.41, 5.74) is 3.04. The minimum Gasteiger partial charge on any atom is -0.452 e. The molecule has 182 valence electrons. The maximum absolute atomic E-state index is 13.2. The number of alkyl halides is 2. The number of rotatable bonds is 5. The molecule has 0 radical (unpaired) electrons. The van der Waals surface area contributed by atoms with Crippen molar-refractivity contribution in [1.82, 2.24) is 0 Å². The van der Waals surface area contributed by atoms with Gasteiger partial charge in [0.15, 0.2) is 6.61 Å². The van der Waals surface area contributed by atoms with Crippen LogP contribution in [0.25, 0.3) is 0 Å². The zero-order valence-corrected chi connectivity index (χ0v) is 20.7. The van der Waals surface area contributed by atoms with Crippen molar-refractivity contribution in [1.29, 1.82) is 0 Å². The predicted molar refractivity (Wildman–Crippen MR) is 132 cm³/mol. The highest BCUT2D eigenvalue weighted by molar-refractivity contribution is 6.32. The van der Waals surface area contributed by atoms with Gasteiger partial charge in [-0.1, -0.05) is 23.8 Å². The van der Waals surface area contributed by atoms with Crippen LogP contribution in [0.4, 0.5) is 11.4 Å². The van der Waals surface area contributed by atoms with E-state index in [1.165, 1.54) is 12.1 Å². The first-order valence-electron chi connectivity index (χ1n) is 11.5. The van der Waals surface area contributed by atoms with E-state index in [9.17, 15) is 19.2 Å². The topological polar surface area (TPSA) is 92.8 Å². The number of carbonyl (C=O) groups is 4. The number of hydrogen-bond donors (Lipinski definition) is 1. The van der Waals surface area contributed by atoms with Crippen LogP contribution in [0.1, 0.15) is 27.9 Å². The molecule has 2 aliphatic carbocycles. The van der Waals surface area contributed by atoms with Gasteiger partial charge in [0.1, 0.15) is 0 Å². The van der Waals surface area contributed by atoms with Crippen LogP contribution in [0.5, 0.6) is 0 Å². The number of benzene rings is 2. The van der Waals surface area contributed by atoms with Crippen molar-refractivity contribution in [2.24, 2.45) is 23.7 Å². The molecule has 2 aromatic carbocycles. The van der Waals surface area contributed by atoms with Gasteiger partial charge in [0.25, 0.3) is 5.91 Å². The molecular formula is C26H24Cl2N2O5. The number of nitrogens with zero attached hydrogens (tertiary/aromatic N) is 1. The molecule has 35 heavy (non-hydrogen) atoms. The SMILES string of the molecule is Cc1ccc(NC(=O)COC(=O)c2cccc(N3C(=O)[C@@H]4[C@H]5C[C@@H]([C@H](Cl)[C@H]5Cl)[C@H]4C3=O)c2)c(C)c1. The number of esters is 1. The van der Waals surface area contributed by atoms with Crippen LogP contribution in [-0.2, 0) is 19.1 Å². The number of amides is 3. The molecule has 1 saturated heterocycles. The molecule has 0 aromatic heterocycles. The molecule has 3 aliphatic rings. The van der Waals surface area contributed by atoms with Gasteiger partial charge in [-0.3, -0.25) is 19.3 Å². The van der Waals surface area contributed by atoms with Crippen LogP contribution in [0.3, 0.4) is 0 Å². The summed E-state index contributed by atoms with van der Waals surface area (Å²) in [7, 11) is 0. The van der Waals surface area contributed by atoms with Crippen molar-refractivity contribution >= 4 is 58.3 Å². The lowest BCUT2D eigenvalue weighted by Crippen LogP contribution is -2.37. The second-order valence-electron chi connectivity index (χ2n) is 9.51. The Hall–Kier alpha value is -2.90. The molecule has 1 N–H and O–H groups in total. The summed E-state index contributed by atoms with van der Waals surface area (Å²) in [4.78, 5) is 52.4. The average Bonchev–Trinajstić information content (AvgIpc) is 3.44. The van der Waals surface area contributed by atoms with Crippen molar-refractivity contribution in [2.75, 3.05) is 16.8 Å². The highest BCUT2D eigenvalue weighted by Gasteiger charge is 2.66. The first-order chi connectivity index (χ1) is 16.7. The number of ether oxygens (including phenoxy) is 1. The summed E-state index contributed by atoms with van der Waals surface area (Å²) in [6.45, 7) is 3.36. The number of imide groups is 1. The Bertz CT molecular complexity index is 1220. The summed E-state index contributed by atoms with van der Waals surface area (Å²) < 4.78 is 5.17. The van der Waals surface area contributed by atoms with Gasteiger partial charge < -0.3 is 10.1 Å². The van der Waals surface area contributed by atoms with E-state index < -0.39 is 30.3 Å². The second kappa shape index (κ2) is 8.95. The predicted octanol–water partition coefficient (Wildman–Crippen LogP) is 4.07. The van der Waals surface area contributed by atoms with Crippen LogP contribution in [0, 0.1) is 37.5 Å². The lowest BCUT2D eigenvalue weighted by atomic mass is 9.80. The Morgan fingerprint density at radius 2 is 1.66 bits per heavy atom. The van der Waals surface area contributed by atoms with Crippen LogP contribution < -0.4 is 10.2 Å². The van der Waals surface area contributed by atoms with Gasteiger partial charge in [0, 0.05) is 5.69 Å². The van der Waals surface area contributed by atoms with Crippen LogP contribution in [0.15, 0.2) is 42.5 Å². The van der Waals surface area contributed by atoms with E-state index in [0.717, 1.165) is 16.0 Å². The summed E-state index contributed by atoms with van der Waals surface area (Å²) in [6, 6.07) is 11.7. The number of anilines is 2. The smallest absolute Gasteiger partial charge is 0.338 e. The molecule has 2 aromatic rings. The van der Waals surface area contributed by atoms with E-state index in [1.54, 1.807) is 18.2 Å². The van der Waals surface area contributed by atoms with Crippen molar-refractivity contribution in [2.45, 2.75) is 31.0 Å². The summed E-state index contributed by atoms with van der Waals surface area (Å²) in [5, 5.41) is 2.05. The second-order valence-corrected chi connectivity index (χ2v) is 10.5. The Morgan fingerprint density at radius 3 is 2.29 bits per heavy atom. The van der Waals surface area contributed by atoms with E-state index >= 15 is 0 Å². The number of halogens is 2. The van der Waals surface area contributed by atoms with E-state index in [-0.39, 0.29) is 40.0 Å². The fraction of sp³-hybridized carbons (Fsp3) is 0.385. The lowest BCUT2D eigenvalue weighted by Gasteiger charge is -2.28. The third-order valence-corrected chi connectivity index (χ3v) is 8.64. The first kappa shape index (κ1) is 23.8. The Balaban J connectivity index is 1.26. The zero-order valence-electron chi connectivity index (χ0n) is 19.2. The third-order valence-electron chi connectivity index (χ3n) is 7.32. The molecule has 1 heterocycles. The van der Waals surface area contributed by atoms with Crippen molar-refractivity contribution in [3.63, 3.8) is 0 Å². The van der Waals surface area contributed by atoms with Crippen molar-refractivity contribution < 1.29 is 23.9 Å². The fourth-order valence-corrected chi connectivity index (χ4v) is 6.62. The molecule has 5 rings (SSSR count). The van der Waals surface area contributed by atoms with Gasteiger partial charge in [0.05, 0.1) is 33.8 Å². The average molecular weight is 515 g/mol. The summed E-state index contributed by atoms with van der Waals surface area (Å²) in [6.07, 6.45) is 0.680. The van der Waals surface area contributed by atoms with Gasteiger partial charge in [-0.25, -0.2) is 4.79 Å². The summed E-state index contributed by atoms with van der Waals surface area (Å²) >= 11 is 12.8. The maximum Gasteiger partial charge on any atom is 0.338 e. The normalized spacial score (nSPS) is 28.9. The molecule has 2 saturated carbocycles. The lowest BCUT2D eigenvalue weighted by molar-refractivity contribution is -0.123. The van der Waals surface area contributed by atoms with Gasteiger partial charge in [-0.2, -0.15) is 0 Å². The number of nitrogens with one attached hydrogen (secondary N) is 1. The monoisotopic (exact) mass is 514 g/mol. The van der Waals surface area contributed by atoms with Crippen LogP contribution in [-0.4, -0.2) is 41.1 Å². The van der Waals surface area contributed by atoms with Crippen molar-refractivity contribution in [3.8, 4) is 0 Å². The van der Waals surface area contributed by atoms with E-state index in [0.29, 0.717) is 17.8 Å². The van der Waals surface area contributed by atoms with Crippen molar-refractivity contribution in [3.05, 3.63) is 59.2 Å². The quantitative estimate of drug-likeness (QED) is 0.368. The van der Waals surface area contributed by atoms with Gasteiger partial charge >= 0.3 is 5.97 Å². The van der Waals surface area contributed by atoms with Gasteiger partial charge in [-0.05, 0) is 61.9 Å². The van der Waals surface area contributed by atoms with Gasteiger partial charge in [0.2, 0.25) is 11.8 Å². The highest BCUT2D eigenvalue weighted by atomic mass is 35.5. The minimum atomic E-state index is -0.733. The summed E-state index contributed by atoms with van der Waals surface area (Å²) in [5.74, 6) is -3.02. The van der Waals surface area contributed by atoms with E-state index in [1.807, 2.05) is 26.0 Å². The van der Waals surface area contributed by atoms with Gasteiger partial charge in [-0.15, -0.1) is 23.2 Å². The molecule has 3 amide bonds. The molecule has 9 heteroatoms. The first-order valence-corrected chi connectivity index (χ1v) is 12.3. The fourth-order valence-electron chi connectivity index (χ4n) is 5.73. The Morgan fingerprint density at radius 1 is 1.00 bits per heavy atom. The molecule has 6 atom stereocenters. The van der Waals surface area contributed by atoms with Crippen LogP contribution in [0.2, 0.25) is 0 Å². The standard InChI is InChI=1S/C26H24Cl2N2O5/c1-12-6-7-18(13(2)8-12)29-19(31)11-35-26(34)14-4-3-5-15(9-14)30-24(32)20-16-10-17(21(20)25(30)33)23(28)22(16)27/h3-9,16-17,20-23H,10-11H2,1-2H3,(H,29,31)/t16-,17-,20-,21-,22+,23+/m1/s1. The number of hydrogen-bond acceptors (Lipinski definition) is 5. The number of fused-ring (bicyclic) bond motifs is 5. The minimum absolute atomic E-state index is 0.126. The number of carbonyl (C=O) groups excluding carboxylic acids is 4. The third kappa shape index (κ3) is 4.00. The number of aryl methyl sites for hydroxylation is 2. The maximum atomic E-state index is 13.2. The van der Waals surface area contributed by atoms with E-state index in [2.05, 4.69) is 5.32 Å². The molecule has 7 nitrogen and oxygen atoms in total. The Kier molecular flexibility index (Phi) is 6.09. The van der Waals surface area contributed by atoms with Crippen LogP contribution >= 0.6 is 23.2 Å². The molecular weight excluding hydrogens is 491 g/mol. The zero-order chi connectivity index (χ0) is 25.0. The molecule has 1 aliphatic heterocycles. The molecule has 0 unspecified atom stereocenters. The Labute approximate surface area is 212 Å². The molecule has 2 bridgehead atoms. The van der Waals surface area contributed by atoms with E-state index in [4.69, 9.17) is 27.9 Å². The molecule has 3 fully saturated rings. The molecule has 0 spiro atoms.